The highest BCUT2D eigenvalue weighted by atomic mass is 35.5. The molecule has 1 aliphatic rings. The van der Waals surface area contributed by atoms with Crippen molar-refractivity contribution in [3.05, 3.63) is 49.3 Å². The molecule has 0 amide bonds. The second kappa shape index (κ2) is 6.98. The van der Waals surface area contributed by atoms with Crippen LogP contribution in [0.1, 0.15) is 34.7 Å². The summed E-state index contributed by atoms with van der Waals surface area (Å²) in [6, 6.07) is 3.16. The fourth-order valence-electron chi connectivity index (χ4n) is 3.38. The summed E-state index contributed by atoms with van der Waals surface area (Å²) in [4.78, 5) is 19.7. The molecule has 1 aliphatic carbocycles. The number of halogens is 1. The van der Waals surface area contributed by atoms with Crippen molar-refractivity contribution < 1.29 is 9.84 Å². The van der Waals surface area contributed by atoms with E-state index in [9.17, 15) is 9.90 Å². The van der Waals surface area contributed by atoms with Gasteiger partial charge in [0.15, 0.2) is 11.5 Å². The fourth-order valence-corrected chi connectivity index (χ4v) is 4.90. The van der Waals surface area contributed by atoms with Gasteiger partial charge in [-0.1, -0.05) is 11.6 Å². The molecule has 2 heterocycles. The molecule has 1 N–H and O–H groups in total. The number of rotatable bonds is 3. The van der Waals surface area contributed by atoms with E-state index in [1.165, 1.54) is 22.9 Å². The summed E-state index contributed by atoms with van der Waals surface area (Å²) < 4.78 is 6.42. The Balaban J connectivity index is 1.81. The van der Waals surface area contributed by atoms with E-state index in [1.807, 2.05) is 0 Å². The van der Waals surface area contributed by atoms with Crippen LogP contribution >= 0.6 is 22.9 Å². The summed E-state index contributed by atoms with van der Waals surface area (Å²) in [5.41, 5.74) is 1.59. The first-order valence-corrected chi connectivity index (χ1v) is 9.83. The molecule has 6 nitrogen and oxygen atoms in total. The second-order valence-corrected chi connectivity index (χ2v) is 7.96. The Kier molecular flexibility index (Phi) is 4.65. The zero-order valence-corrected chi connectivity index (χ0v) is 16.5. The maximum Gasteiger partial charge on any atom is 0.283 e. The number of phenols is 1. The number of methoxy groups -OCH3 is 1. The average Bonchev–Trinajstić information content (AvgIpc) is 3.02. The quantitative estimate of drug-likeness (QED) is 0.673. The van der Waals surface area contributed by atoms with Crippen molar-refractivity contribution in [3.63, 3.8) is 0 Å². The van der Waals surface area contributed by atoms with E-state index < -0.39 is 0 Å². The molecule has 0 atom stereocenters. The highest BCUT2D eigenvalue weighted by molar-refractivity contribution is 7.18. The number of hydrogen-bond donors (Lipinski definition) is 1. The molecule has 8 heteroatoms. The molecule has 140 valence electrons. The van der Waals surface area contributed by atoms with Crippen molar-refractivity contribution >= 4 is 39.4 Å². The molecular formula is C19H18ClN3O3S. The maximum absolute atomic E-state index is 13.1. The number of benzene rings is 1. The van der Waals surface area contributed by atoms with Gasteiger partial charge in [0.05, 0.1) is 23.7 Å². The van der Waals surface area contributed by atoms with Crippen molar-refractivity contribution in [1.29, 1.82) is 0 Å². The predicted octanol–water partition coefficient (Wildman–Crippen LogP) is 3.90. The molecule has 0 fully saturated rings. The van der Waals surface area contributed by atoms with Gasteiger partial charge < -0.3 is 9.84 Å². The molecule has 4 rings (SSSR count). The third-order valence-corrected chi connectivity index (χ3v) is 6.20. The van der Waals surface area contributed by atoms with Crippen LogP contribution in [-0.2, 0) is 12.8 Å². The van der Waals surface area contributed by atoms with E-state index >= 15 is 0 Å². The smallest absolute Gasteiger partial charge is 0.283 e. The Labute approximate surface area is 164 Å². The van der Waals surface area contributed by atoms with Gasteiger partial charge in [-0.05, 0) is 55.9 Å². The largest absolute Gasteiger partial charge is 0.503 e. The van der Waals surface area contributed by atoms with Crippen LogP contribution in [0, 0.1) is 6.92 Å². The van der Waals surface area contributed by atoms with Gasteiger partial charge in [0.1, 0.15) is 10.7 Å². The van der Waals surface area contributed by atoms with Crippen LogP contribution in [-0.4, -0.2) is 28.1 Å². The zero-order valence-electron chi connectivity index (χ0n) is 15.0. The normalized spacial score (nSPS) is 14.0. The molecule has 0 bridgehead atoms. The van der Waals surface area contributed by atoms with Crippen molar-refractivity contribution in [2.75, 3.05) is 7.11 Å². The summed E-state index contributed by atoms with van der Waals surface area (Å²) in [5.74, 6) is 0.644. The van der Waals surface area contributed by atoms with Crippen molar-refractivity contribution in [2.45, 2.75) is 32.6 Å². The third kappa shape index (κ3) is 3.11. The topological polar surface area (TPSA) is 76.7 Å². The number of hydrogen-bond acceptors (Lipinski definition) is 6. The zero-order chi connectivity index (χ0) is 19.1. The Morgan fingerprint density at radius 1 is 1.37 bits per heavy atom. The third-order valence-electron chi connectivity index (χ3n) is 4.72. The number of fused-ring (bicyclic) bond motifs is 3. The molecule has 0 saturated heterocycles. The lowest BCUT2D eigenvalue weighted by molar-refractivity contribution is 0.373. The SMILES string of the molecule is COc1cc(C=Nn2c(C)nc3sc4c(c3c2=O)CCCC4)cc(Cl)c1O. The van der Waals surface area contributed by atoms with Gasteiger partial charge in [0, 0.05) is 4.88 Å². The van der Waals surface area contributed by atoms with Crippen LogP contribution in [0.25, 0.3) is 10.2 Å². The van der Waals surface area contributed by atoms with Crippen LogP contribution in [0.5, 0.6) is 11.5 Å². The molecule has 3 aromatic rings. The molecule has 0 aliphatic heterocycles. The number of thiophene rings is 1. The van der Waals surface area contributed by atoms with Crippen LogP contribution < -0.4 is 10.3 Å². The average molecular weight is 404 g/mol. The minimum atomic E-state index is -0.148. The summed E-state index contributed by atoms with van der Waals surface area (Å²) in [5, 5.41) is 15.0. The minimum Gasteiger partial charge on any atom is -0.503 e. The van der Waals surface area contributed by atoms with E-state index in [2.05, 4.69) is 10.1 Å². The monoisotopic (exact) mass is 403 g/mol. The molecule has 1 aromatic carbocycles. The Morgan fingerprint density at radius 3 is 2.93 bits per heavy atom. The fraction of sp³-hybridized carbons (Fsp3) is 0.316. The second-order valence-electron chi connectivity index (χ2n) is 6.47. The van der Waals surface area contributed by atoms with Gasteiger partial charge in [0.25, 0.3) is 5.56 Å². The van der Waals surface area contributed by atoms with E-state index in [0.29, 0.717) is 16.8 Å². The lowest BCUT2D eigenvalue weighted by Gasteiger charge is -2.10. The lowest BCUT2D eigenvalue weighted by atomic mass is 9.97. The first-order chi connectivity index (χ1) is 13.0. The minimum absolute atomic E-state index is 0.127. The number of aryl methyl sites for hydroxylation is 3. The Bertz CT molecular complexity index is 1130. The highest BCUT2D eigenvalue weighted by Gasteiger charge is 2.21. The number of phenolic OH excluding ortho intramolecular Hbond substituents is 1. The van der Waals surface area contributed by atoms with Gasteiger partial charge in [-0.2, -0.15) is 9.78 Å². The summed E-state index contributed by atoms with van der Waals surface area (Å²) in [6.07, 6.45) is 5.71. The van der Waals surface area contributed by atoms with Crippen LogP contribution in [0.3, 0.4) is 0 Å². The Hall–Kier alpha value is -2.38. The van der Waals surface area contributed by atoms with Crippen molar-refractivity contribution in [3.8, 4) is 11.5 Å². The highest BCUT2D eigenvalue weighted by Crippen LogP contribution is 2.35. The molecular weight excluding hydrogens is 386 g/mol. The van der Waals surface area contributed by atoms with Gasteiger partial charge in [0.2, 0.25) is 0 Å². The van der Waals surface area contributed by atoms with Gasteiger partial charge in [-0.25, -0.2) is 4.98 Å². The van der Waals surface area contributed by atoms with Gasteiger partial charge in [-0.15, -0.1) is 11.3 Å². The Morgan fingerprint density at radius 2 is 2.15 bits per heavy atom. The lowest BCUT2D eigenvalue weighted by Crippen LogP contribution is -2.21. The van der Waals surface area contributed by atoms with Crippen LogP contribution in [0.15, 0.2) is 22.0 Å². The number of aromatic nitrogens is 2. The van der Waals surface area contributed by atoms with E-state index in [0.717, 1.165) is 36.1 Å². The van der Waals surface area contributed by atoms with Gasteiger partial charge in [-0.3, -0.25) is 4.79 Å². The molecule has 0 spiro atoms. The molecule has 0 unspecified atom stereocenters. The van der Waals surface area contributed by atoms with Gasteiger partial charge >= 0.3 is 0 Å². The first kappa shape index (κ1) is 18.0. The maximum atomic E-state index is 13.1. The van der Waals surface area contributed by atoms with Crippen molar-refractivity contribution in [2.24, 2.45) is 5.10 Å². The van der Waals surface area contributed by atoms with Crippen LogP contribution in [0.2, 0.25) is 5.02 Å². The first-order valence-electron chi connectivity index (χ1n) is 8.64. The van der Waals surface area contributed by atoms with Crippen molar-refractivity contribution in [1.82, 2.24) is 9.66 Å². The summed E-state index contributed by atoms with van der Waals surface area (Å²) >= 11 is 7.64. The molecule has 2 aromatic heterocycles. The van der Waals surface area contributed by atoms with E-state index in [4.69, 9.17) is 16.3 Å². The number of aromatic hydroxyl groups is 1. The molecule has 0 radical (unpaired) electrons. The predicted molar refractivity (Wildman–Crippen MR) is 108 cm³/mol. The van der Waals surface area contributed by atoms with Crippen LogP contribution in [0.4, 0.5) is 0 Å². The summed E-state index contributed by atoms with van der Waals surface area (Å²) in [6.45, 7) is 1.77. The summed E-state index contributed by atoms with van der Waals surface area (Å²) in [7, 11) is 1.44. The van der Waals surface area contributed by atoms with E-state index in [1.54, 1.807) is 30.4 Å². The number of ether oxygens (including phenoxy) is 1. The number of nitrogens with zero attached hydrogens (tertiary/aromatic N) is 3. The van der Waals surface area contributed by atoms with E-state index in [-0.39, 0.29) is 22.1 Å². The standard InChI is InChI=1S/C19H18ClN3O3S/c1-10-22-18-16(12-5-3-4-6-15(12)27-18)19(25)23(10)21-9-11-7-13(20)17(24)14(8-11)26-2/h7-9,24H,3-6H2,1-2H3. The molecule has 0 saturated carbocycles. The molecule has 27 heavy (non-hydrogen) atoms.